The molecule has 316 valence electrons. The second kappa shape index (κ2) is 34.6. The van der Waals surface area contributed by atoms with Gasteiger partial charge in [-0.15, -0.1) is 0 Å². The summed E-state index contributed by atoms with van der Waals surface area (Å²) in [5.74, 6) is -0.331. The predicted octanol–water partition coefficient (Wildman–Crippen LogP) is 9.24. The van der Waals surface area contributed by atoms with E-state index < -0.39 is 32.2 Å². The van der Waals surface area contributed by atoms with E-state index in [9.17, 15) is 29.6 Å². The van der Waals surface area contributed by atoms with Crippen molar-refractivity contribution >= 4 is 13.7 Å². The van der Waals surface area contributed by atoms with Crippen molar-refractivity contribution in [2.75, 3.05) is 40.9 Å². The van der Waals surface area contributed by atoms with Crippen LogP contribution >= 0.6 is 7.82 Å². The number of carbonyl (C=O) groups is 1. The van der Waals surface area contributed by atoms with E-state index in [1.165, 1.54) is 83.5 Å². The maximum atomic E-state index is 12.9. The fourth-order valence-corrected chi connectivity index (χ4v) is 6.50. The average molecular weight is 786 g/mol. The van der Waals surface area contributed by atoms with Crippen LogP contribution in [0.3, 0.4) is 0 Å². The molecule has 0 fully saturated rings. The number of quaternary nitrogens is 1. The summed E-state index contributed by atoms with van der Waals surface area (Å²) in [7, 11) is 1.45. The van der Waals surface area contributed by atoms with Crippen LogP contribution in [0.2, 0.25) is 0 Å². The van der Waals surface area contributed by atoms with Gasteiger partial charge in [0.1, 0.15) is 13.2 Å². The largest absolute Gasteiger partial charge is 0.472 e. The van der Waals surface area contributed by atoms with Crippen LogP contribution in [0.25, 0.3) is 0 Å². The molecule has 0 aromatic heterocycles. The number of phosphoric ester groups is 1. The van der Waals surface area contributed by atoms with Gasteiger partial charge in [-0.05, 0) is 38.5 Å². The number of rotatable bonds is 37. The van der Waals surface area contributed by atoms with Crippen molar-refractivity contribution in [2.45, 2.75) is 179 Å². The van der Waals surface area contributed by atoms with Crippen molar-refractivity contribution in [1.82, 2.24) is 5.32 Å². The number of hydrogen-bond donors (Lipinski definition) is 5. The molecule has 0 aromatic rings. The van der Waals surface area contributed by atoms with Crippen LogP contribution in [-0.4, -0.2) is 95.9 Å². The highest BCUT2D eigenvalue weighted by atomic mass is 31.2. The third-order valence-electron chi connectivity index (χ3n) is 9.27. The van der Waals surface area contributed by atoms with Crippen LogP contribution in [0.5, 0.6) is 0 Å². The van der Waals surface area contributed by atoms with E-state index in [1.54, 1.807) is 36.5 Å². The van der Waals surface area contributed by atoms with E-state index in [1.807, 2.05) is 27.2 Å². The van der Waals surface area contributed by atoms with Crippen molar-refractivity contribution in [3.63, 3.8) is 0 Å². The van der Waals surface area contributed by atoms with Gasteiger partial charge < -0.3 is 30.0 Å². The molecule has 0 saturated heterocycles. The van der Waals surface area contributed by atoms with Crippen LogP contribution in [-0.2, 0) is 18.4 Å². The topological polar surface area (TPSA) is 146 Å². The Hall–Kier alpha value is -1.62. The molecule has 0 bridgehead atoms. The van der Waals surface area contributed by atoms with Gasteiger partial charge in [-0.2, -0.15) is 0 Å². The first kappa shape index (κ1) is 52.4. The normalized spacial score (nSPS) is 16.1. The third-order valence-corrected chi connectivity index (χ3v) is 10.3. The molecule has 0 spiro atoms. The summed E-state index contributed by atoms with van der Waals surface area (Å²) in [5.41, 5.74) is 0. The standard InChI is InChI=1S/C43H81N2O8P/c1-6-8-10-12-14-15-16-17-18-19-20-22-28-34-42(48)41(38-53-54(50,51)52-37-36-45(3,4)5)44-43(49)35-29-33-40(47)32-27-24-23-26-31-39(46)30-25-21-13-11-9-7-2/h21,23-27,31-32,39-42,46-48H,6-20,22,28-30,33-38H2,1-5H3,(H-,44,49,50,51)/p+1/b24-23+,25-21-,31-26+,32-27-/t39-,40-,41-,42+/m0/s1. The molecule has 0 aromatic carbocycles. The first-order valence-electron chi connectivity index (χ1n) is 21.2. The van der Waals surface area contributed by atoms with E-state index in [0.29, 0.717) is 36.7 Å². The molecule has 0 aliphatic rings. The monoisotopic (exact) mass is 786 g/mol. The summed E-state index contributed by atoms with van der Waals surface area (Å²) in [6.45, 7) is 4.60. The average Bonchev–Trinajstić information content (AvgIpc) is 3.10. The number of aliphatic hydroxyl groups excluding tert-OH is 3. The number of allylic oxidation sites excluding steroid dienone is 5. The Balaban J connectivity index is 4.71. The molecule has 0 heterocycles. The van der Waals surface area contributed by atoms with Crippen LogP contribution in [0.1, 0.15) is 155 Å². The van der Waals surface area contributed by atoms with Gasteiger partial charge in [-0.1, -0.05) is 159 Å². The van der Waals surface area contributed by atoms with Crippen LogP contribution in [0.4, 0.5) is 0 Å². The van der Waals surface area contributed by atoms with E-state index in [4.69, 9.17) is 9.05 Å². The lowest BCUT2D eigenvalue weighted by atomic mass is 10.0. The minimum atomic E-state index is -4.38. The maximum Gasteiger partial charge on any atom is 0.472 e. The number of carbonyl (C=O) groups excluding carboxylic acids is 1. The lowest BCUT2D eigenvalue weighted by molar-refractivity contribution is -0.870. The summed E-state index contributed by atoms with van der Waals surface area (Å²) in [4.78, 5) is 23.1. The molecule has 10 nitrogen and oxygen atoms in total. The fraction of sp³-hybridized carbons (Fsp3) is 0.791. The lowest BCUT2D eigenvalue weighted by Gasteiger charge is -2.26. The summed E-state index contributed by atoms with van der Waals surface area (Å²) in [6.07, 6.45) is 34.7. The zero-order valence-electron chi connectivity index (χ0n) is 34.9. The minimum Gasteiger partial charge on any atom is -0.391 e. The highest BCUT2D eigenvalue weighted by Crippen LogP contribution is 2.43. The molecular weight excluding hydrogens is 703 g/mol. The highest BCUT2D eigenvalue weighted by Gasteiger charge is 2.28. The minimum absolute atomic E-state index is 0.0271. The maximum absolute atomic E-state index is 12.9. The number of nitrogens with one attached hydrogen (secondary N) is 1. The summed E-state index contributed by atoms with van der Waals surface area (Å²) in [5, 5.41) is 34.2. The number of unbranched alkanes of at least 4 members (excludes halogenated alkanes) is 15. The van der Waals surface area contributed by atoms with Crippen LogP contribution < -0.4 is 5.32 Å². The predicted molar refractivity (Wildman–Crippen MR) is 224 cm³/mol. The zero-order valence-corrected chi connectivity index (χ0v) is 35.8. The van der Waals surface area contributed by atoms with Gasteiger partial charge >= 0.3 is 7.82 Å². The van der Waals surface area contributed by atoms with Gasteiger partial charge in [0, 0.05) is 6.42 Å². The van der Waals surface area contributed by atoms with E-state index in [-0.39, 0.29) is 25.5 Å². The molecule has 11 heteroatoms. The Labute approximate surface area is 330 Å². The number of nitrogens with zero attached hydrogens (tertiary/aromatic N) is 1. The van der Waals surface area contributed by atoms with Crippen molar-refractivity contribution in [1.29, 1.82) is 0 Å². The Kier molecular flexibility index (Phi) is 33.6. The Morgan fingerprint density at radius 2 is 1.22 bits per heavy atom. The van der Waals surface area contributed by atoms with Crippen molar-refractivity contribution < 1.29 is 43.1 Å². The lowest BCUT2D eigenvalue weighted by Crippen LogP contribution is -2.46. The molecule has 5 atom stereocenters. The van der Waals surface area contributed by atoms with Crippen molar-refractivity contribution in [3.8, 4) is 0 Å². The van der Waals surface area contributed by atoms with Gasteiger partial charge in [0.15, 0.2) is 0 Å². The number of amides is 1. The number of likely N-dealkylation sites (N-methyl/N-ethyl adjacent to an activating group) is 1. The summed E-state index contributed by atoms with van der Waals surface area (Å²) < 4.78 is 23.5. The molecule has 0 aliphatic carbocycles. The second-order valence-electron chi connectivity index (χ2n) is 15.8. The van der Waals surface area contributed by atoms with E-state index in [2.05, 4.69) is 25.2 Å². The van der Waals surface area contributed by atoms with Gasteiger partial charge in [0.2, 0.25) is 5.91 Å². The summed E-state index contributed by atoms with van der Waals surface area (Å²) in [6, 6.07) is -0.874. The third kappa shape index (κ3) is 36.0. The Morgan fingerprint density at radius 1 is 0.685 bits per heavy atom. The molecule has 0 saturated carbocycles. The summed E-state index contributed by atoms with van der Waals surface area (Å²) >= 11 is 0. The Bertz CT molecular complexity index is 1060. The number of phosphoric acid groups is 1. The van der Waals surface area contributed by atoms with Gasteiger partial charge in [0.25, 0.3) is 0 Å². The molecule has 0 rings (SSSR count). The number of hydrogen-bond acceptors (Lipinski definition) is 7. The van der Waals surface area contributed by atoms with Crippen LogP contribution in [0, 0.1) is 0 Å². The Morgan fingerprint density at radius 3 is 1.80 bits per heavy atom. The van der Waals surface area contributed by atoms with E-state index in [0.717, 1.165) is 25.7 Å². The zero-order chi connectivity index (χ0) is 40.3. The molecule has 54 heavy (non-hydrogen) atoms. The first-order chi connectivity index (χ1) is 25.8. The molecular formula is C43H82N2O8P+. The molecule has 1 amide bonds. The molecule has 0 aliphatic heterocycles. The van der Waals surface area contributed by atoms with Gasteiger partial charge in [-0.25, -0.2) is 4.57 Å². The van der Waals surface area contributed by atoms with Crippen LogP contribution in [0.15, 0.2) is 48.6 Å². The van der Waals surface area contributed by atoms with Gasteiger partial charge in [-0.3, -0.25) is 13.8 Å². The molecule has 5 N–H and O–H groups in total. The first-order valence-corrected chi connectivity index (χ1v) is 22.7. The van der Waals surface area contributed by atoms with Gasteiger partial charge in [0.05, 0.1) is 52.1 Å². The highest BCUT2D eigenvalue weighted by molar-refractivity contribution is 7.47. The SMILES string of the molecule is CCCCC/C=C\C[C@H](O)/C=C/C=C/C=C\[C@H](O)CCCC(=O)N[C@@H](COP(=O)(O)OCC[N+](C)(C)C)[C@H](O)CCCCCCCCCCCCCCC. The molecule has 1 unspecified atom stereocenters. The molecule has 0 radical (unpaired) electrons. The van der Waals surface area contributed by atoms with Crippen molar-refractivity contribution in [3.05, 3.63) is 48.6 Å². The fourth-order valence-electron chi connectivity index (χ4n) is 5.77. The quantitative estimate of drug-likeness (QED) is 0.0138. The van der Waals surface area contributed by atoms with E-state index >= 15 is 0 Å². The van der Waals surface area contributed by atoms with Crippen molar-refractivity contribution in [2.24, 2.45) is 0 Å². The second-order valence-corrected chi connectivity index (χ2v) is 17.2. The smallest absolute Gasteiger partial charge is 0.391 e. The number of aliphatic hydroxyl groups is 3.